The van der Waals surface area contributed by atoms with Crippen molar-refractivity contribution < 1.29 is 24.0 Å². The van der Waals surface area contributed by atoms with Gasteiger partial charge in [-0.15, -0.1) is 0 Å². The molecule has 0 spiro atoms. The highest BCUT2D eigenvalue weighted by Crippen LogP contribution is 2.26. The zero-order valence-electron chi connectivity index (χ0n) is 25.1. The van der Waals surface area contributed by atoms with Crippen LogP contribution in [-0.4, -0.2) is 42.5 Å². The summed E-state index contributed by atoms with van der Waals surface area (Å²) in [6, 6.07) is 22.5. The molecule has 0 aliphatic heterocycles. The molecular formula is C33H43N3O5. The Morgan fingerprint density at radius 3 is 2.00 bits per heavy atom. The summed E-state index contributed by atoms with van der Waals surface area (Å²) < 4.78 is 6.25. The van der Waals surface area contributed by atoms with Gasteiger partial charge < -0.3 is 15.4 Å². The first-order valence-corrected chi connectivity index (χ1v) is 13.9. The summed E-state index contributed by atoms with van der Waals surface area (Å²) in [7, 11) is 1.53. The fourth-order valence-electron chi connectivity index (χ4n) is 4.55. The standard InChI is InChI=1S/C33H43N3O5/c1-32(2,3)28(31(39)34-7)35-29(37)26(20-23-17-18-24-15-11-12-16-25(24)19-23)27(41-33(4,5)6)30(38)36-40-21-22-13-9-8-10-14-22/h8-19,26-28H,20-21H2,1-7H3,(H,34,39)(H,35,37)(H,36,38)/t26-,27+,28-/m1/s1. The van der Waals surface area contributed by atoms with Gasteiger partial charge in [0, 0.05) is 7.05 Å². The number of hydroxylamine groups is 1. The zero-order valence-corrected chi connectivity index (χ0v) is 25.1. The molecule has 3 rings (SSSR count). The summed E-state index contributed by atoms with van der Waals surface area (Å²) in [4.78, 5) is 45.9. The van der Waals surface area contributed by atoms with Crippen LogP contribution in [0.4, 0.5) is 0 Å². The van der Waals surface area contributed by atoms with Crippen LogP contribution < -0.4 is 16.1 Å². The van der Waals surface area contributed by atoms with Crippen LogP contribution in [0.25, 0.3) is 10.8 Å². The predicted molar refractivity (Wildman–Crippen MR) is 161 cm³/mol. The first-order valence-electron chi connectivity index (χ1n) is 13.9. The van der Waals surface area contributed by atoms with Gasteiger partial charge in [-0.3, -0.25) is 19.2 Å². The van der Waals surface area contributed by atoms with Gasteiger partial charge in [-0.05, 0) is 54.5 Å². The minimum Gasteiger partial charge on any atom is -0.362 e. The largest absolute Gasteiger partial charge is 0.362 e. The Kier molecular flexibility index (Phi) is 10.7. The highest BCUT2D eigenvalue weighted by molar-refractivity contribution is 5.93. The molecule has 220 valence electrons. The zero-order chi connectivity index (χ0) is 30.2. The van der Waals surface area contributed by atoms with Gasteiger partial charge in [-0.25, -0.2) is 5.48 Å². The normalized spacial score (nSPS) is 14.1. The number of hydrogen-bond acceptors (Lipinski definition) is 5. The van der Waals surface area contributed by atoms with Crippen LogP contribution in [0.5, 0.6) is 0 Å². The second kappa shape index (κ2) is 13.7. The lowest BCUT2D eigenvalue weighted by molar-refractivity contribution is -0.166. The number of carbonyl (C=O) groups excluding carboxylic acids is 3. The monoisotopic (exact) mass is 561 g/mol. The molecule has 3 atom stereocenters. The topological polar surface area (TPSA) is 106 Å². The molecule has 0 saturated carbocycles. The van der Waals surface area contributed by atoms with Crippen molar-refractivity contribution in [2.75, 3.05) is 7.05 Å². The maximum atomic E-state index is 14.0. The van der Waals surface area contributed by atoms with Gasteiger partial charge in [0.25, 0.3) is 5.91 Å². The Balaban J connectivity index is 1.96. The van der Waals surface area contributed by atoms with Crippen LogP contribution in [-0.2, 0) is 37.0 Å². The average molecular weight is 562 g/mol. The van der Waals surface area contributed by atoms with Crippen molar-refractivity contribution in [1.82, 2.24) is 16.1 Å². The molecule has 41 heavy (non-hydrogen) atoms. The van der Waals surface area contributed by atoms with E-state index in [9.17, 15) is 14.4 Å². The molecule has 3 N–H and O–H groups in total. The van der Waals surface area contributed by atoms with Crippen LogP contribution in [0, 0.1) is 11.3 Å². The minimum atomic E-state index is -1.21. The molecule has 0 fully saturated rings. The van der Waals surface area contributed by atoms with E-state index < -0.39 is 40.9 Å². The van der Waals surface area contributed by atoms with Gasteiger partial charge in [0.2, 0.25) is 11.8 Å². The number of benzene rings is 3. The highest BCUT2D eigenvalue weighted by Gasteiger charge is 2.41. The molecule has 0 heterocycles. The summed E-state index contributed by atoms with van der Waals surface area (Å²) in [5.41, 5.74) is 2.90. The summed E-state index contributed by atoms with van der Waals surface area (Å²) >= 11 is 0. The van der Waals surface area contributed by atoms with Crippen LogP contribution >= 0.6 is 0 Å². The SMILES string of the molecule is CNC(=O)[C@@H](NC(=O)[C@H](Cc1ccc2ccccc2c1)[C@H](OC(C)(C)C)C(=O)NOCc1ccccc1)C(C)(C)C. The van der Waals surface area contributed by atoms with E-state index in [1.54, 1.807) is 0 Å². The van der Waals surface area contributed by atoms with Gasteiger partial charge in [-0.1, -0.05) is 93.6 Å². The first kappa shape index (κ1) is 31.8. The van der Waals surface area contributed by atoms with Crippen molar-refractivity contribution in [2.24, 2.45) is 11.3 Å². The minimum absolute atomic E-state index is 0.152. The quantitative estimate of drug-likeness (QED) is 0.294. The van der Waals surface area contributed by atoms with Crippen LogP contribution in [0.1, 0.15) is 52.7 Å². The third-order valence-electron chi connectivity index (χ3n) is 6.63. The van der Waals surface area contributed by atoms with Gasteiger partial charge in [0.05, 0.1) is 18.1 Å². The van der Waals surface area contributed by atoms with Gasteiger partial charge in [0.1, 0.15) is 6.04 Å². The van der Waals surface area contributed by atoms with Gasteiger partial charge in [-0.2, -0.15) is 0 Å². The number of likely N-dealkylation sites (N-methyl/N-ethyl adjacent to an activating group) is 1. The van der Waals surface area contributed by atoms with Crippen LogP contribution in [0.3, 0.4) is 0 Å². The smallest absolute Gasteiger partial charge is 0.273 e. The second-order valence-corrected chi connectivity index (χ2v) is 12.3. The molecule has 0 saturated heterocycles. The van der Waals surface area contributed by atoms with E-state index in [2.05, 4.69) is 16.1 Å². The Labute approximate surface area is 243 Å². The van der Waals surface area contributed by atoms with E-state index in [1.165, 1.54) is 7.05 Å². The lowest BCUT2D eigenvalue weighted by Gasteiger charge is -2.35. The summed E-state index contributed by atoms with van der Waals surface area (Å²) in [5.74, 6) is -2.33. The molecule has 0 aromatic heterocycles. The third-order valence-corrected chi connectivity index (χ3v) is 6.63. The first-order chi connectivity index (χ1) is 19.3. The lowest BCUT2D eigenvalue weighted by atomic mass is 9.84. The van der Waals surface area contributed by atoms with Crippen LogP contribution in [0.15, 0.2) is 72.8 Å². The number of hydrogen-bond donors (Lipinski definition) is 3. The Morgan fingerprint density at radius 1 is 0.756 bits per heavy atom. The number of rotatable bonds is 11. The number of amides is 3. The average Bonchev–Trinajstić information content (AvgIpc) is 2.92. The Hall–Kier alpha value is -3.75. The maximum Gasteiger partial charge on any atom is 0.273 e. The van der Waals surface area contributed by atoms with E-state index >= 15 is 0 Å². The molecule has 0 aliphatic rings. The van der Waals surface area contributed by atoms with Crippen molar-refractivity contribution in [3.63, 3.8) is 0 Å². The number of ether oxygens (including phenoxy) is 1. The third kappa shape index (κ3) is 9.40. The molecule has 0 aliphatic carbocycles. The fourth-order valence-corrected chi connectivity index (χ4v) is 4.55. The molecule has 0 unspecified atom stereocenters. The molecule has 3 amide bonds. The van der Waals surface area contributed by atoms with E-state index in [4.69, 9.17) is 9.57 Å². The Morgan fingerprint density at radius 2 is 1.39 bits per heavy atom. The molecular weight excluding hydrogens is 518 g/mol. The number of fused-ring (bicyclic) bond motifs is 1. The lowest BCUT2D eigenvalue weighted by Crippen LogP contribution is -2.57. The number of carbonyl (C=O) groups is 3. The van der Waals surface area contributed by atoms with Crippen molar-refractivity contribution >= 4 is 28.5 Å². The number of nitrogens with one attached hydrogen (secondary N) is 3. The Bertz CT molecular complexity index is 1330. The van der Waals surface area contributed by atoms with E-state index in [0.717, 1.165) is 21.9 Å². The summed E-state index contributed by atoms with van der Waals surface area (Å²) in [6.45, 7) is 11.2. The second-order valence-electron chi connectivity index (χ2n) is 12.3. The molecule has 0 bridgehead atoms. The molecule has 8 heteroatoms. The molecule has 3 aromatic rings. The van der Waals surface area contributed by atoms with Crippen molar-refractivity contribution in [3.8, 4) is 0 Å². The molecule has 8 nitrogen and oxygen atoms in total. The van der Waals surface area contributed by atoms with Crippen molar-refractivity contribution in [2.45, 2.75) is 72.3 Å². The van der Waals surface area contributed by atoms with E-state index in [1.807, 2.05) is 114 Å². The molecule has 3 aromatic carbocycles. The van der Waals surface area contributed by atoms with Crippen molar-refractivity contribution in [1.29, 1.82) is 0 Å². The van der Waals surface area contributed by atoms with Gasteiger partial charge >= 0.3 is 0 Å². The maximum absolute atomic E-state index is 14.0. The van der Waals surface area contributed by atoms with Crippen molar-refractivity contribution in [3.05, 3.63) is 83.9 Å². The van der Waals surface area contributed by atoms with E-state index in [-0.39, 0.29) is 18.9 Å². The molecule has 0 radical (unpaired) electrons. The fraction of sp³-hybridized carbons (Fsp3) is 0.424. The van der Waals surface area contributed by atoms with Crippen LogP contribution in [0.2, 0.25) is 0 Å². The highest BCUT2D eigenvalue weighted by atomic mass is 16.7. The predicted octanol–water partition coefficient (Wildman–Crippen LogP) is 4.71. The summed E-state index contributed by atoms with van der Waals surface area (Å²) in [5, 5.41) is 7.64. The summed E-state index contributed by atoms with van der Waals surface area (Å²) in [6.07, 6.45) is -1.00. The van der Waals surface area contributed by atoms with E-state index in [0.29, 0.717) is 0 Å². The van der Waals surface area contributed by atoms with Gasteiger partial charge in [0.15, 0.2) is 6.10 Å².